The van der Waals surface area contributed by atoms with Gasteiger partial charge in [-0.3, -0.25) is 4.79 Å². The minimum Gasteiger partial charge on any atom is -0.497 e. The number of methoxy groups -OCH3 is 1. The van der Waals surface area contributed by atoms with E-state index in [4.69, 9.17) is 4.74 Å². The molecule has 2 N–H and O–H groups in total. The number of thioether (sulfide) groups is 1. The number of hydrogen-bond donors (Lipinski definition) is 2. The lowest BCUT2D eigenvalue weighted by atomic mass is 9.99. The van der Waals surface area contributed by atoms with Crippen molar-refractivity contribution in [2.75, 3.05) is 7.11 Å². The van der Waals surface area contributed by atoms with E-state index < -0.39 is 12.0 Å². The molecule has 0 heterocycles. The molecule has 6 heteroatoms. The molecule has 122 valence electrons. The lowest BCUT2D eigenvalue weighted by Crippen LogP contribution is -2.47. The Morgan fingerprint density at radius 1 is 1.27 bits per heavy atom. The number of carbonyl (C=O) groups is 2. The van der Waals surface area contributed by atoms with Crippen LogP contribution in [0.4, 0.5) is 0 Å². The minimum absolute atomic E-state index is 0.111. The van der Waals surface area contributed by atoms with Crippen LogP contribution in [-0.4, -0.2) is 35.4 Å². The normalized spacial score (nSPS) is 14.7. The first kappa shape index (κ1) is 18.4. The van der Waals surface area contributed by atoms with Crippen molar-refractivity contribution in [1.82, 2.24) is 5.32 Å². The van der Waals surface area contributed by atoms with E-state index in [0.717, 1.165) is 10.6 Å². The Labute approximate surface area is 135 Å². The summed E-state index contributed by atoms with van der Waals surface area (Å²) in [6.07, 6.45) is 0.692. The molecule has 0 saturated heterocycles. The molecule has 0 bridgehead atoms. The molecule has 0 radical (unpaired) electrons. The smallest absolute Gasteiger partial charge is 0.326 e. The van der Waals surface area contributed by atoms with Gasteiger partial charge in [-0.05, 0) is 37.1 Å². The fraction of sp³-hybridized carbons (Fsp3) is 0.500. The highest BCUT2D eigenvalue weighted by molar-refractivity contribution is 8.00. The third kappa shape index (κ3) is 5.26. The average Bonchev–Trinajstić information content (AvgIpc) is 2.51. The molecule has 1 aromatic rings. The number of carbonyl (C=O) groups excluding carboxylic acids is 1. The van der Waals surface area contributed by atoms with E-state index in [1.54, 1.807) is 14.0 Å². The van der Waals surface area contributed by atoms with Gasteiger partial charge in [-0.25, -0.2) is 4.79 Å². The number of hydrogen-bond acceptors (Lipinski definition) is 4. The topological polar surface area (TPSA) is 75.6 Å². The van der Waals surface area contributed by atoms with E-state index in [0.29, 0.717) is 6.42 Å². The van der Waals surface area contributed by atoms with Crippen molar-refractivity contribution < 1.29 is 19.4 Å². The van der Waals surface area contributed by atoms with Gasteiger partial charge in [0.1, 0.15) is 11.8 Å². The fourth-order valence-corrected chi connectivity index (χ4v) is 2.74. The Morgan fingerprint density at radius 3 is 2.32 bits per heavy atom. The lowest BCUT2D eigenvalue weighted by Gasteiger charge is -2.22. The molecule has 0 spiro atoms. The summed E-state index contributed by atoms with van der Waals surface area (Å²) in [5.74, 6) is -0.623. The van der Waals surface area contributed by atoms with Crippen LogP contribution in [0.3, 0.4) is 0 Å². The Bertz CT molecular complexity index is 503. The molecular weight excluding hydrogens is 302 g/mol. The van der Waals surface area contributed by atoms with E-state index in [2.05, 4.69) is 5.32 Å². The number of aliphatic carboxylic acids is 1. The third-order valence-corrected chi connectivity index (χ3v) is 4.63. The summed E-state index contributed by atoms with van der Waals surface area (Å²) in [5, 5.41) is 11.5. The molecule has 22 heavy (non-hydrogen) atoms. The molecule has 5 nitrogen and oxygen atoms in total. The summed E-state index contributed by atoms with van der Waals surface area (Å²) in [4.78, 5) is 24.4. The maximum Gasteiger partial charge on any atom is 0.326 e. The van der Waals surface area contributed by atoms with Crippen molar-refractivity contribution in [3.8, 4) is 5.75 Å². The van der Waals surface area contributed by atoms with Gasteiger partial charge < -0.3 is 15.2 Å². The highest BCUT2D eigenvalue weighted by Gasteiger charge is 2.27. The maximum absolute atomic E-state index is 12.2. The number of amides is 1. The van der Waals surface area contributed by atoms with Gasteiger partial charge in [0, 0.05) is 4.90 Å². The molecule has 1 unspecified atom stereocenters. The second-order valence-electron chi connectivity index (χ2n) is 5.15. The number of carboxylic acid groups (broad SMARTS) is 1. The monoisotopic (exact) mass is 325 g/mol. The fourth-order valence-electron chi connectivity index (χ4n) is 1.87. The number of nitrogens with one attached hydrogen (secondary N) is 1. The SMILES string of the molecule is CC[C@H](C)[C@H](NC(=O)C(C)Sc1ccc(OC)cc1)C(=O)O. The van der Waals surface area contributed by atoms with Crippen LogP contribution in [0.25, 0.3) is 0 Å². The van der Waals surface area contributed by atoms with Gasteiger partial charge in [0.25, 0.3) is 0 Å². The minimum atomic E-state index is -0.996. The highest BCUT2D eigenvalue weighted by Crippen LogP contribution is 2.25. The van der Waals surface area contributed by atoms with Crippen molar-refractivity contribution >= 4 is 23.6 Å². The number of rotatable bonds is 8. The van der Waals surface area contributed by atoms with Gasteiger partial charge in [0.05, 0.1) is 12.4 Å². The quantitative estimate of drug-likeness (QED) is 0.719. The van der Waals surface area contributed by atoms with Crippen LogP contribution in [0.1, 0.15) is 27.2 Å². The molecule has 0 saturated carbocycles. The second-order valence-corrected chi connectivity index (χ2v) is 6.56. The summed E-state index contributed by atoms with van der Waals surface area (Å²) in [6, 6.07) is 6.54. The summed E-state index contributed by atoms with van der Waals surface area (Å²) in [5.41, 5.74) is 0. The van der Waals surface area contributed by atoms with E-state index in [1.165, 1.54) is 11.8 Å². The van der Waals surface area contributed by atoms with Crippen molar-refractivity contribution in [2.24, 2.45) is 5.92 Å². The van der Waals surface area contributed by atoms with Crippen LogP contribution < -0.4 is 10.1 Å². The Morgan fingerprint density at radius 2 is 1.86 bits per heavy atom. The largest absolute Gasteiger partial charge is 0.497 e. The molecule has 0 fully saturated rings. The van der Waals surface area contributed by atoms with Crippen LogP contribution in [-0.2, 0) is 9.59 Å². The predicted molar refractivity (Wildman–Crippen MR) is 87.3 cm³/mol. The zero-order chi connectivity index (χ0) is 16.7. The Balaban J connectivity index is 2.65. The van der Waals surface area contributed by atoms with E-state index in [9.17, 15) is 14.7 Å². The van der Waals surface area contributed by atoms with Crippen molar-refractivity contribution in [3.63, 3.8) is 0 Å². The van der Waals surface area contributed by atoms with Gasteiger partial charge >= 0.3 is 5.97 Å². The molecule has 0 aliphatic heterocycles. The second kappa shape index (κ2) is 8.68. The first-order chi connectivity index (χ1) is 10.4. The number of carboxylic acids is 1. The van der Waals surface area contributed by atoms with E-state index in [1.807, 2.05) is 38.1 Å². The molecule has 1 amide bonds. The van der Waals surface area contributed by atoms with Crippen LogP contribution >= 0.6 is 11.8 Å². The summed E-state index contributed by atoms with van der Waals surface area (Å²) >= 11 is 1.38. The van der Waals surface area contributed by atoms with Crippen LogP contribution in [0.15, 0.2) is 29.2 Å². The van der Waals surface area contributed by atoms with Gasteiger partial charge in [-0.1, -0.05) is 20.3 Å². The zero-order valence-electron chi connectivity index (χ0n) is 13.3. The van der Waals surface area contributed by atoms with Crippen molar-refractivity contribution in [2.45, 2.75) is 43.4 Å². The van der Waals surface area contributed by atoms with Crippen LogP contribution in [0.5, 0.6) is 5.75 Å². The highest BCUT2D eigenvalue weighted by atomic mass is 32.2. The average molecular weight is 325 g/mol. The van der Waals surface area contributed by atoms with Gasteiger partial charge in [-0.2, -0.15) is 0 Å². The number of ether oxygens (including phenoxy) is 1. The standard InChI is InChI=1S/C16H23NO4S/c1-5-10(2)14(16(19)20)17-15(18)11(3)22-13-8-6-12(21-4)7-9-13/h6-11,14H,5H2,1-4H3,(H,17,18)(H,19,20)/t10-,11?,14-/m0/s1. The van der Waals surface area contributed by atoms with Crippen molar-refractivity contribution in [3.05, 3.63) is 24.3 Å². The lowest BCUT2D eigenvalue weighted by molar-refractivity contribution is -0.143. The molecule has 1 aromatic carbocycles. The molecule has 0 aliphatic rings. The summed E-state index contributed by atoms with van der Waals surface area (Å²) < 4.78 is 5.09. The van der Waals surface area contributed by atoms with Crippen LogP contribution in [0.2, 0.25) is 0 Å². The predicted octanol–water partition coefficient (Wildman–Crippen LogP) is 2.79. The van der Waals surface area contributed by atoms with Crippen LogP contribution in [0, 0.1) is 5.92 Å². The molecular formula is C16H23NO4S. The maximum atomic E-state index is 12.2. The van der Waals surface area contributed by atoms with Gasteiger partial charge in [0.2, 0.25) is 5.91 Å². The first-order valence-electron chi connectivity index (χ1n) is 7.22. The Hall–Kier alpha value is -1.69. The summed E-state index contributed by atoms with van der Waals surface area (Å²) in [6.45, 7) is 5.49. The zero-order valence-corrected chi connectivity index (χ0v) is 14.1. The van der Waals surface area contributed by atoms with Crippen molar-refractivity contribution in [1.29, 1.82) is 0 Å². The van der Waals surface area contributed by atoms with E-state index in [-0.39, 0.29) is 17.1 Å². The molecule has 3 atom stereocenters. The van der Waals surface area contributed by atoms with Gasteiger partial charge in [0.15, 0.2) is 0 Å². The molecule has 1 rings (SSSR count). The summed E-state index contributed by atoms with van der Waals surface area (Å²) in [7, 11) is 1.60. The Kier molecular flexibility index (Phi) is 7.24. The molecule has 0 aliphatic carbocycles. The first-order valence-corrected chi connectivity index (χ1v) is 8.10. The number of benzene rings is 1. The van der Waals surface area contributed by atoms with Gasteiger partial charge in [-0.15, -0.1) is 11.8 Å². The third-order valence-electron chi connectivity index (χ3n) is 3.52. The molecule has 0 aromatic heterocycles. The van der Waals surface area contributed by atoms with E-state index >= 15 is 0 Å².